The minimum atomic E-state index is -3.94. The Labute approximate surface area is 216 Å². The molecule has 0 saturated heterocycles. The van der Waals surface area contributed by atoms with Crippen LogP contribution in [-0.4, -0.2) is 29.3 Å². The summed E-state index contributed by atoms with van der Waals surface area (Å²) in [5, 5.41) is 2.81. The molecule has 4 rings (SSSR count). The number of carbonyl (C=O) groups is 1. The van der Waals surface area contributed by atoms with E-state index in [1.165, 1.54) is 12.1 Å². The largest absolute Gasteiger partial charge is 0.439 e. The number of sulfonamides is 1. The Morgan fingerprint density at radius 2 is 1.51 bits per heavy atom. The number of pyridine rings is 1. The molecule has 0 bridgehead atoms. The summed E-state index contributed by atoms with van der Waals surface area (Å²) >= 11 is 0. The minimum absolute atomic E-state index is 0.0753. The number of hydrogen-bond donors (Lipinski definition) is 2. The molecule has 0 radical (unpaired) electrons. The van der Waals surface area contributed by atoms with Crippen LogP contribution in [0.2, 0.25) is 0 Å². The van der Waals surface area contributed by atoms with E-state index in [2.05, 4.69) is 25.0 Å². The first-order valence-corrected chi connectivity index (χ1v) is 13.0. The van der Waals surface area contributed by atoms with Crippen LogP contribution in [0.15, 0.2) is 83.8 Å². The number of ether oxygens (including phenoxy) is 1. The first kappa shape index (κ1) is 25.8. The van der Waals surface area contributed by atoms with E-state index in [1.807, 2.05) is 39.0 Å². The van der Waals surface area contributed by atoms with E-state index in [4.69, 9.17) is 4.74 Å². The fourth-order valence-electron chi connectivity index (χ4n) is 3.25. The van der Waals surface area contributed by atoms with Gasteiger partial charge < -0.3 is 10.1 Å². The number of carbonyl (C=O) groups excluding carboxylic acids is 1. The third-order valence-corrected chi connectivity index (χ3v) is 6.58. The van der Waals surface area contributed by atoms with Crippen LogP contribution in [0.1, 0.15) is 26.5 Å². The van der Waals surface area contributed by atoms with Crippen molar-refractivity contribution in [3.8, 4) is 22.9 Å². The van der Waals surface area contributed by atoms with Gasteiger partial charge >= 0.3 is 0 Å². The molecular formula is C27H27N5O4S. The molecule has 190 valence electrons. The molecule has 9 nitrogen and oxygen atoms in total. The molecule has 0 spiro atoms. The predicted molar refractivity (Wildman–Crippen MR) is 142 cm³/mol. The van der Waals surface area contributed by atoms with Gasteiger partial charge in [0.05, 0.1) is 10.6 Å². The van der Waals surface area contributed by atoms with Crippen molar-refractivity contribution in [3.63, 3.8) is 0 Å². The highest BCUT2D eigenvalue weighted by Crippen LogP contribution is 2.29. The van der Waals surface area contributed by atoms with Gasteiger partial charge in [0.1, 0.15) is 11.6 Å². The molecule has 10 heteroatoms. The van der Waals surface area contributed by atoms with Gasteiger partial charge in [0.25, 0.3) is 10.0 Å². The molecule has 2 heterocycles. The van der Waals surface area contributed by atoms with E-state index < -0.39 is 15.4 Å². The highest BCUT2D eigenvalue weighted by molar-refractivity contribution is 7.92. The number of anilines is 2. The van der Waals surface area contributed by atoms with Crippen molar-refractivity contribution in [2.24, 2.45) is 5.41 Å². The molecule has 2 aromatic heterocycles. The highest BCUT2D eigenvalue weighted by atomic mass is 32.2. The van der Waals surface area contributed by atoms with E-state index in [-0.39, 0.29) is 22.6 Å². The van der Waals surface area contributed by atoms with Crippen LogP contribution in [0.4, 0.5) is 11.8 Å². The number of para-hydroxylation sites is 1. The number of nitrogens with zero attached hydrogens (tertiary/aromatic N) is 3. The number of aromatic nitrogens is 3. The number of hydrogen-bond acceptors (Lipinski definition) is 7. The molecule has 0 aliphatic heterocycles. The average Bonchev–Trinajstić information content (AvgIpc) is 2.84. The standard InChI is InChI=1S/C27H27N5O4S/c1-18-21(15-16-23(28-18)30-25(33)27(2,3)4)22-17-24(36-19-11-7-5-8-12-19)31-26(29-22)32-37(34,35)20-13-9-6-10-14-20/h5-17H,1-4H3,(H,28,30,33)(H,29,31,32). The highest BCUT2D eigenvalue weighted by Gasteiger charge is 2.22. The topological polar surface area (TPSA) is 123 Å². The van der Waals surface area contributed by atoms with Crippen molar-refractivity contribution in [1.29, 1.82) is 0 Å². The van der Waals surface area contributed by atoms with Crippen molar-refractivity contribution in [2.45, 2.75) is 32.6 Å². The van der Waals surface area contributed by atoms with Gasteiger partial charge in [0.2, 0.25) is 17.7 Å². The Hall–Kier alpha value is -4.31. The monoisotopic (exact) mass is 517 g/mol. The van der Waals surface area contributed by atoms with E-state index in [1.54, 1.807) is 55.5 Å². The Bertz CT molecular complexity index is 1520. The predicted octanol–water partition coefficient (Wildman–Crippen LogP) is 5.42. The lowest BCUT2D eigenvalue weighted by Crippen LogP contribution is -2.28. The summed E-state index contributed by atoms with van der Waals surface area (Å²) in [6.07, 6.45) is 0. The summed E-state index contributed by atoms with van der Waals surface area (Å²) < 4.78 is 34.2. The summed E-state index contributed by atoms with van der Waals surface area (Å²) in [6.45, 7) is 7.22. The molecule has 2 N–H and O–H groups in total. The maximum atomic E-state index is 12.9. The third-order valence-electron chi connectivity index (χ3n) is 5.23. The van der Waals surface area contributed by atoms with Crippen LogP contribution in [0, 0.1) is 12.3 Å². The van der Waals surface area contributed by atoms with Gasteiger partial charge in [-0.05, 0) is 43.3 Å². The zero-order valence-corrected chi connectivity index (χ0v) is 21.7. The van der Waals surface area contributed by atoms with Gasteiger partial charge in [0.15, 0.2) is 0 Å². The van der Waals surface area contributed by atoms with E-state index in [9.17, 15) is 13.2 Å². The lowest BCUT2D eigenvalue weighted by molar-refractivity contribution is -0.123. The molecule has 0 aliphatic rings. The summed E-state index contributed by atoms with van der Waals surface area (Å²) in [6, 6.07) is 22.0. The molecule has 0 atom stereocenters. The van der Waals surface area contributed by atoms with Crippen molar-refractivity contribution < 1.29 is 17.9 Å². The lowest BCUT2D eigenvalue weighted by Gasteiger charge is -2.18. The second-order valence-electron chi connectivity index (χ2n) is 9.28. The van der Waals surface area contributed by atoms with Crippen LogP contribution < -0.4 is 14.8 Å². The number of amides is 1. The number of nitrogens with one attached hydrogen (secondary N) is 2. The first-order chi connectivity index (χ1) is 17.5. The normalized spacial score (nSPS) is 11.6. The Morgan fingerprint density at radius 3 is 2.14 bits per heavy atom. The van der Waals surface area contributed by atoms with Crippen LogP contribution in [-0.2, 0) is 14.8 Å². The quantitative estimate of drug-likeness (QED) is 0.335. The molecule has 0 saturated carbocycles. The molecule has 1 amide bonds. The molecule has 0 unspecified atom stereocenters. The van der Waals surface area contributed by atoms with E-state index >= 15 is 0 Å². The smallest absolute Gasteiger partial charge is 0.264 e. The Balaban J connectivity index is 1.72. The van der Waals surface area contributed by atoms with Crippen LogP contribution in [0.3, 0.4) is 0 Å². The molecule has 4 aromatic rings. The second kappa shape index (κ2) is 10.4. The maximum absolute atomic E-state index is 12.9. The number of rotatable bonds is 7. The summed E-state index contributed by atoms with van der Waals surface area (Å²) in [4.78, 5) is 25.6. The second-order valence-corrected chi connectivity index (χ2v) is 11.0. The minimum Gasteiger partial charge on any atom is -0.439 e. The average molecular weight is 518 g/mol. The van der Waals surface area contributed by atoms with Gasteiger partial charge in [-0.15, -0.1) is 0 Å². The summed E-state index contributed by atoms with van der Waals surface area (Å²) in [5.74, 6) is 0.758. The van der Waals surface area contributed by atoms with Gasteiger partial charge in [-0.25, -0.2) is 23.1 Å². The lowest BCUT2D eigenvalue weighted by atomic mass is 9.96. The fraction of sp³-hybridized carbons (Fsp3) is 0.185. The van der Waals surface area contributed by atoms with Crippen molar-refractivity contribution in [3.05, 3.63) is 84.6 Å². The Morgan fingerprint density at radius 1 is 0.865 bits per heavy atom. The maximum Gasteiger partial charge on any atom is 0.264 e. The van der Waals surface area contributed by atoms with Gasteiger partial charge in [0, 0.05) is 22.7 Å². The van der Waals surface area contributed by atoms with E-state index in [0.717, 1.165) is 0 Å². The zero-order chi connectivity index (χ0) is 26.6. The summed E-state index contributed by atoms with van der Waals surface area (Å²) in [7, 11) is -3.94. The van der Waals surface area contributed by atoms with Crippen molar-refractivity contribution >= 4 is 27.7 Å². The first-order valence-electron chi connectivity index (χ1n) is 11.5. The van der Waals surface area contributed by atoms with Gasteiger partial charge in [-0.3, -0.25) is 4.79 Å². The molecule has 2 aromatic carbocycles. The van der Waals surface area contributed by atoms with Crippen LogP contribution >= 0.6 is 0 Å². The van der Waals surface area contributed by atoms with E-state index in [0.29, 0.717) is 28.5 Å². The molecule has 0 fully saturated rings. The van der Waals surface area contributed by atoms with Crippen LogP contribution in [0.25, 0.3) is 11.3 Å². The zero-order valence-electron chi connectivity index (χ0n) is 20.9. The van der Waals surface area contributed by atoms with Gasteiger partial charge in [-0.2, -0.15) is 4.98 Å². The van der Waals surface area contributed by atoms with Crippen molar-refractivity contribution in [2.75, 3.05) is 10.0 Å². The summed E-state index contributed by atoms with van der Waals surface area (Å²) in [5.41, 5.74) is 1.02. The number of benzene rings is 2. The molecular weight excluding hydrogens is 490 g/mol. The SMILES string of the molecule is Cc1nc(NC(=O)C(C)(C)C)ccc1-c1cc(Oc2ccccc2)nc(NS(=O)(=O)c2ccccc2)n1. The van der Waals surface area contributed by atoms with Crippen LogP contribution in [0.5, 0.6) is 11.6 Å². The number of aryl methyl sites for hydroxylation is 1. The van der Waals surface area contributed by atoms with Gasteiger partial charge in [-0.1, -0.05) is 57.2 Å². The fourth-order valence-corrected chi connectivity index (χ4v) is 4.22. The molecule has 0 aliphatic carbocycles. The van der Waals surface area contributed by atoms with Crippen molar-refractivity contribution in [1.82, 2.24) is 15.0 Å². The Kier molecular flexibility index (Phi) is 7.21. The third kappa shape index (κ3) is 6.47. The molecule has 37 heavy (non-hydrogen) atoms.